The van der Waals surface area contributed by atoms with Crippen molar-refractivity contribution in [1.82, 2.24) is 14.8 Å². The summed E-state index contributed by atoms with van der Waals surface area (Å²) in [6.45, 7) is 0. The summed E-state index contributed by atoms with van der Waals surface area (Å²) >= 11 is 5.84. The molecule has 0 amide bonds. The van der Waals surface area contributed by atoms with Crippen molar-refractivity contribution in [3.63, 3.8) is 0 Å². The molecular weight excluding hydrogens is 254 g/mol. The van der Waals surface area contributed by atoms with Gasteiger partial charge in [-0.1, -0.05) is 11.6 Å². The number of aromatic hydroxyl groups is 1. The van der Waals surface area contributed by atoms with E-state index in [9.17, 15) is 9.90 Å². The summed E-state index contributed by atoms with van der Waals surface area (Å²) in [6.07, 6.45) is 3.12. The number of nitrogens with one attached hydrogen (secondary N) is 1. The Morgan fingerprint density at radius 2 is 2.22 bits per heavy atom. The number of H-pyrrole nitrogens is 1. The Labute approximate surface area is 106 Å². The van der Waals surface area contributed by atoms with Gasteiger partial charge in [-0.05, 0) is 24.3 Å². The van der Waals surface area contributed by atoms with Gasteiger partial charge in [-0.3, -0.25) is 4.79 Å². The van der Waals surface area contributed by atoms with Gasteiger partial charge in [0.2, 0.25) is 0 Å². The predicted molar refractivity (Wildman–Crippen MR) is 68.4 cm³/mol. The van der Waals surface area contributed by atoms with Crippen molar-refractivity contribution in [3.05, 3.63) is 52.0 Å². The lowest BCUT2D eigenvalue weighted by molar-refractivity contribution is 0.475. The van der Waals surface area contributed by atoms with E-state index in [2.05, 4.69) is 10.1 Å². The van der Waals surface area contributed by atoms with Crippen molar-refractivity contribution in [2.24, 2.45) is 0 Å². The summed E-state index contributed by atoms with van der Waals surface area (Å²) in [5, 5.41) is 15.1. The summed E-state index contributed by atoms with van der Waals surface area (Å²) < 4.78 is 1.32. The third-order valence-corrected chi connectivity index (χ3v) is 2.89. The van der Waals surface area contributed by atoms with Crippen LogP contribution in [0.1, 0.15) is 0 Å². The van der Waals surface area contributed by atoms with Crippen LogP contribution in [0.15, 0.2) is 41.5 Å². The Hall–Kier alpha value is -2.27. The van der Waals surface area contributed by atoms with Gasteiger partial charge in [0.15, 0.2) is 11.4 Å². The number of pyridine rings is 1. The highest BCUT2D eigenvalue weighted by Crippen LogP contribution is 2.28. The zero-order valence-corrected chi connectivity index (χ0v) is 9.85. The summed E-state index contributed by atoms with van der Waals surface area (Å²) in [6, 6.07) is 6.56. The Balaban J connectivity index is 2.41. The van der Waals surface area contributed by atoms with Gasteiger partial charge in [-0.2, -0.15) is 5.10 Å². The van der Waals surface area contributed by atoms with Crippen LogP contribution in [0.4, 0.5) is 0 Å². The summed E-state index contributed by atoms with van der Waals surface area (Å²) in [5.74, 6) is -0.117. The van der Waals surface area contributed by atoms with E-state index in [0.717, 1.165) is 0 Å². The van der Waals surface area contributed by atoms with E-state index in [1.54, 1.807) is 30.5 Å². The number of fused-ring (bicyclic) bond motifs is 1. The van der Waals surface area contributed by atoms with E-state index in [1.165, 1.54) is 10.9 Å². The van der Waals surface area contributed by atoms with Crippen molar-refractivity contribution < 1.29 is 5.11 Å². The standard InChI is InChI=1S/C12H8ClN3O2/c13-7-2-3-8-9(6-7)15-12(18)10(11(8)17)16-5-1-4-14-16/h1-6H,(H2,15,17,18). The maximum Gasteiger partial charge on any atom is 0.278 e. The van der Waals surface area contributed by atoms with Gasteiger partial charge in [0, 0.05) is 22.8 Å². The smallest absolute Gasteiger partial charge is 0.278 e. The minimum absolute atomic E-state index is 0.0924. The largest absolute Gasteiger partial charge is 0.505 e. The second kappa shape index (κ2) is 3.89. The molecule has 5 nitrogen and oxygen atoms in total. The highest BCUT2D eigenvalue weighted by molar-refractivity contribution is 6.31. The quantitative estimate of drug-likeness (QED) is 0.704. The maximum absolute atomic E-state index is 11.9. The van der Waals surface area contributed by atoms with E-state index in [-0.39, 0.29) is 11.4 Å². The lowest BCUT2D eigenvalue weighted by Gasteiger charge is -2.07. The second-order valence-corrected chi connectivity index (χ2v) is 4.23. The second-order valence-electron chi connectivity index (χ2n) is 3.79. The lowest BCUT2D eigenvalue weighted by Crippen LogP contribution is -2.15. The van der Waals surface area contributed by atoms with Crippen LogP contribution in [0.3, 0.4) is 0 Å². The lowest BCUT2D eigenvalue weighted by atomic mass is 10.2. The van der Waals surface area contributed by atoms with Crippen molar-refractivity contribution in [2.75, 3.05) is 0 Å². The van der Waals surface area contributed by atoms with Crippen LogP contribution in [0, 0.1) is 0 Å². The van der Waals surface area contributed by atoms with Crippen LogP contribution in [-0.2, 0) is 0 Å². The Morgan fingerprint density at radius 1 is 1.39 bits per heavy atom. The minimum atomic E-state index is -0.425. The first-order chi connectivity index (χ1) is 8.66. The molecule has 0 saturated carbocycles. The average Bonchev–Trinajstić information content (AvgIpc) is 2.82. The van der Waals surface area contributed by atoms with Gasteiger partial charge in [-0.25, -0.2) is 4.68 Å². The van der Waals surface area contributed by atoms with E-state index >= 15 is 0 Å². The fraction of sp³-hybridized carbons (Fsp3) is 0. The van der Waals surface area contributed by atoms with Gasteiger partial charge < -0.3 is 10.1 Å². The SMILES string of the molecule is O=c1[nH]c2cc(Cl)ccc2c(O)c1-n1cccn1. The topological polar surface area (TPSA) is 70.9 Å². The zero-order valence-electron chi connectivity index (χ0n) is 9.09. The number of hydrogen-bond donors (Lipinski definition) is 2. The first-order valence-electron chi connectivity index (χ1n) is 5.21. The number of aromatic amines is 1. The first kappa shape index (κ1) is 10.9. The third-order valence-electron chi connectivity index (χ3n) is 2.66. The Morgan fingerprint density at radius 3 is 2.94 bits per heavy atom. The van der Waals surface area contributed by atoms with E-state index in [0.29, 0.717) is 15.9 Å². The van der Waals surface area contributed by atoms with Crippen molar-refractivity contribution >= 4 is 22.5 Å². The number of aromatic nitrogens is 3. The van der Waals surface area contributed by atoms with Gasteiger partial charge >= 0.3 is 0 Å². The molecule has 90 valence electrons. The van der Waals surface area contributed by atoms with Gasteiger partial charge in [0.25, 0.3) is 5.56 Å². The summed E-state index contributed by atoms with van der Waals surface area (Å²) in [7, 11) is 0. The van der Waals surface area contributed by atoms with Crippen molar-refractivity contribution in [1.29, 1.82) is 0 Å². The highest BCUT2D eigenvalue weighted by Gasteiger charge is 2.13. The molecule has 0 bridgehead atoms. The summed E-state index contributed by atoms with van der Waals surface area (Å²) in [4.78, 5) is 14.6. The monoisotopic (exact) mass is 261 g/mol. The number of halogens is 1. The Bertz CT molecular complexity index is 778. The fourth-order valence-electron chi connectivity index (χ4n) is 1.86. The number of rotatable bonds is 1. The molecule has 6 heteroatoms. The minimum Gasteiger partial charge on any atom is -0.505 e. The molecule has 18 heavy (non-hydrogen) atoms. The van der Waals surface area contributed by atoms with Crippen LogP contribution in [0.25, 0.3) is 16.6 Å². The first-order valence-corrected chi connectivity index (χ1v) is 5.59. The van der Waals surface area contributed by atoms with Crippen molar-refractivity contribution in [2.45, 2.75) is 0 Å². The molecule has 1 aromatic carbocycles. The van der Waals surface area contributed by atoms with Crippen LogP contribution in [0.5, 0.6) is 5.75 Å². The Kier molecular flexibility index (Phi) is 2.34. The van der Waals surface area contributed by atoms with Crippen LogP contribution >= 0.6 is 11.6 Å². The van der Waals surface area contributed by atoms with E-state index < -0.39 is 5.56 Å². The molecule has 0 fully saturated rings. The van der Waals surface area contributed by atoms with E-state index in [4.69, 9.17) is 11.6 Å². The van der Waals surface area contributed by atoms with Crippen molar-refractivity contribution in [3.8, 4) is 11.4 Å². The zero-order chi connectivity index (χ0) is 12.7. The number of hydrogen-bond acceptors (Lipinski definition) is 3. The third kappa shape index (κ3) is 1.56. The molecule has 0 aliphatic heterocycles. The van der Waals surface area contributed by atoms with Gasteiger partial charge in [0.1, 0.15) is 0 Å². The maximum atomic E-state index is 11.9. The number of benzene rings is 1. The molecule has 3 aromatic rings. The molecule has 0 saturated heterocycles. The molecule has 0 spiro atoms. The molecule has 3 rings (SSSR count). The molecule has 2 aromatic heterocycles. The average molecular weight is 262 g/mol. The van der Waals surface area contributed by atoms with Crippen LogP contribution in [0.2, 0.25) is 5.02 Å². The highest BCUT2D eigenvalue weighted by atomic mass is 35.5. The molecule has 0 aliphatic carbocycles. The molecule has 0 aliphatic rings. The van der Waals surface area contributed by atoms with Gasteiger partial charge in [0.05, 0.1) is 5.52 Å². The number of nitrogens with zero attached hydrogens (tertiary/aromatic N) is 2. The fourth-order valence-corrected chi connectivity index (χ4v) is 2.03. The molecule has 2 N–H and O–H groups in total. The molecule has 2 heterocycles. The predicted octanol–water partition coefficient (Wildman–Crippen LogP) is 2.07. The molecule has 0 atom stereocenters. The van der Waals surface area contributed by atoms with E-state index in [1.807, 2.05) is 0 Å². The van der Waals surface area contributed by atoms with Crippen LogP contribution < -0.4 is 5.56 Å². The van der Waals surface area contributed by atoms with Crippen LogP contribution in [-0.4, -0.2) is 19.9 Å². The van der Waals surface area contributed by atoms with Gasteiger partial charge in [-0.15, -0.1) is 0 Å². The normalized spacial score (nSPS) is 10.9. The molecular formula is C12H8ClN3O2. The summed E-state index contributed by atoms with van der Waals surface area (Å²) in [5.41, 5.74) is 0.154. The molecule has 0 unspecified atom stereocenters. The molecule has 0 radical (unpaired) electrons.